The van der Waals surface area contributed by atoms with Crippen LogP contribution in [-0.2, 0) is 26.2 Å². The van der Waals surface area contributed by atoms with Crippen molar-refractivity contribution in [3.8, 4) is 5.75 Å². The second-order valence-electron chi connectivity index (χ2n) is 9.66. The molecule has 1 unspecified atom stereocenters. The molecule has 0 heterocycles. The minimum Gasteiger partial charge on any atom is -0.497 e. The molecule has 32 heavy (non-hydrogen) atoms. The summed E-state index contributed by atoms with van der Waals surface area (Å²) in [5.74, 6) is 0.0164. The molecule has 2 aromatic carbocycles. The quantitative estimate of drug-likeness (QED) is 0.596. The molecule has 0 aliphatic heterocycles. The number of ether oxygens (including phenoxy) is 1. The molecule has 2 aromatic rings. The van der Waals surface area contributed by atoms with E-state index in [0.29, 0.717) is 5.75 Å². The van der Waals surface area contributed by atoms with Crippen LogP contribution in [0.4, 0.5) is 0 Å². The summed E-state index contributed by atoms with van der Waals surface area (Å²) in [6, 6.07) is 14.3. The number of hydroxylamine groups is 1. The summed E-state index contributed by atoms with van der Waals surface area (Å²) >= 11 is 0. The highest BCUT2D eigenvalue weighted by molar-refractivity contribution is 7.89. The summed E-state index contributed by atoms with van der Waals surface area (Å²) in [4.78, 5) is 18.8. The lowest BCUT2D eigenvalue weighted by atomic mass is 9.86. The molecule has 8 heteroatoms. The number of rotatable bonds is 8. The van der Waals surface area contributed by atoms with Crippen molar-refractivity contribution in [1.29, 1.82) is 0 Å². The van der Waals surface area contributed by atoms with Crippen LogP contribution in [-0.4, -0.2) is 37.4 Å². The SMILES string of the molecule is COc1ccc(S(=O)(=O)N(Cc2ccccc2)C(C(=O)NOC(C)(C)C)C(C)(C)C)cc1. The van der Waals surface area contributed by atoms with Crippen molar-refractivity contribution in [1.82, 2.24) is 9.79 Å². The molecule has 1 amide bonds. The van der Waals surface area contributed by atoms with Gasteiger partial charge >= 0.3 is 0 Å². The van der Waals surface area contributed by atoms with Gasteiger partial charge < -0.3 is 4.74 Å². The zero-order valence-electron chi connectivity index (χ0n) is 19.9. The number of hydrogen-bond donors (Lipinski definition) is 1. The number of amides is 1. The zero-order chi connectivity index (χ0) is 24.2. The van der Waals surface area contributed by atoms with Crippen molar-refractivity contribution in [2.45, 2.75) is 64.6 Å². The molecule has 0 radical (unpaired) electrons. The van der Waals surface area contributed by atoms with Gasteiger partial charge in [0.05, 0.1) is 17.6 Å². The van der Waals surface area contributed by atoms with Crippen LogP contribution >= 0.6 is 0 Å². The number of carbonyl (C=O) groups excluding carboxylic acids is 1. The average Bonchev–Trinajstić information content (AvgIpc) is 2.71. The minimum absolute atomic E-state index is 0.0279. The molecule has 0 fully saturated rings. The summed E-state index contributed by atoms with van der Waals surface area (Å²) in [7, 11) is -2.53. The Balaban J connectivity index is 2.56. The number of nitrogens with one attached hydrogen (secondary N) is 1. The molecule has 2 rings (SSSR count). The molecule has 0 saturated carbocycles. The summed E-state index contributed by atoms with van der Waals surface area (Å²) < 4.78 is 34.0. The van der Waals surface area contributed by atoms with Crippen LogP contribution in [0.2, 0.25) is 0 Å². The van der Waals surface area contributed by atoms with Gasteiger partial charge in [0.1, 0.15) is 11.8 Å². The Labute approximate surface area is 191 Å². The molecular weight excluding hydrogens is 428 g/mol. The van der Waals surface area contributed by atoms with Gasteiger partial charge in [0, 0.05) is 6.54 Å². The Bertz CT molecular complexity index is 991. The Kier molecular flexibility index (Phi) is 8.09. The highest BCUT2D eigenvalue weighted by atomic mass is 32.2. The summed E-state index contributed by atoms with van der Waals surface area (Å²) in [6.45, 7) is 10.9. The predicted octanol–water partition coefficient (Wildman–Crippen LogP) is 4.15. The number of sulfonamides is 1. The maximum atomic E-state index is 13.8. The normalized spacial score (nSPS) is 13.6. The van der Waals surface area contributed by atoms with Crippen molar-refractivity contribution in [2.24, 2.45) is 5.41 Å². The van der Waals surface area contributed by atoms with E-state index in [1.807, 2.05) is 51.1 Å². The third-order valence-electron chi connectivity index (χ3n) is 4.66. The van der Waals surface area contributed by atoms with Gasteiger partial charge in [0.2, 0.25) is 10.0 Å². The predicted molar refractivity (Wildman–Crippen MR) is 124 cm³/mol. The van der Waals surface area contributed by atoms with Gasteiger partial charge in [-0.1, -0.05) is 51.1 Å². The van der Waals surface area contributed by atoms with E-state index in [9.17, 15) is 13.2 Å². The van der Waals surface area contributed by atoms with Crippen LogP contribution < -0.4 is 10.2 Å². The molecule has 0 aromatic heterocycles. The number of benzene rings is 2. The first-order valence-corrected chi connectivity index (χ1v) is 11.9. The minimum atomic E-state index is -4.04. The van der Waals surface area contributed by atoms with E-state index in [0.717, 1.165) is 5.56 Å². The fraction of sp³-hybridized carbons (Fsp3) is 0.458. The van der Waals surface area contributed by atoms with E-state index >= 15 is 0 Å². The Morgan fingerprint density at radius 3 is 2.00 bits per heavy atom. The van der Waals surface area contributed by atoms with Crippen LogP contribution in [0.15, 0.2) is 59.5 Å². The van der Waals surface area contributed by atoms with Crippen LogP contribution in [0, 0.1) is 5.41 Å². The van der Waals surface area contributed by atoms with Crippen molar-refractivity contribution < 1.29 is 22.8 Å². The van der Waals surface area contributed by atoms with Crippen LogP contribution in [0.25, 0.3) is 0 Å². The second-order valence-corrected chi connectivity index (χ2v) is 11.6. The van der Waals surface area contributed by atoms with Gasteiger partial charge in [-0.15, -0.1) is 0 Å². The standard InChI is InChI=1S/C24H34N2O5S/c1-23(2,3)21(22(27)25-31-24(4,5)6)26(17-18-11-9-8-10-12-18)32(28,29)20-15-13-19(30-7)14-16-20/h8-16,21H,17H2,1-7H3,(H,25,27). The topological polar surface area (TPSA) is 84.9 Å². The van der Waals surface area contributed by atoms with Crippen molar-refractivity contribution in [2.75, 3.05) is 7.11 Å². The van der Waals surface area contributed by atoms with Crippen LogP contribution in [0.3, 0.4) is 0 Å². The molecule has 1 atom stereocenters. The molecular formula is C24H34N2O5S. The van der Waals surface area contributed by atoms with E-state index < -0.39 is 33.0 Å². The largest absolute Gasteiger partial charge is 0.497 e. The van der Waals surface area contributed by atoms with E-state index in [1.165, 1.54) is 23.5 Å². The first-order valence-electron chi connectivity index (χ1n) is 10.4. The maximum Gasteiger partial charge on any atom is 0.262 e. The second kappa shape index (κ2) is 10.0. The smallest absolute Gasteiger partial charge is 0.262 e. The monoisotopic (exact) mass is 462 g/mol. The number of carbonyl (C=O) groups is 1. The molecule has 0 saturated heterocycles. The van der Waals surface area contributed by atoms with Crippen molar-refractivity contribution >= 4 is 15.9 Å². The lowest BCUT2D eigenvalue weighted by Crippen LogP contribution is -2.56. The first-order chi connectivity index (χ1) is 14.8. The highest BCUT2D eigenvalue weighted by Crippen LogP contribution is 2.32. The van der Waals surface area contributed by atoms with Crippen LogP contribution in [0.5, 0.6) is 5.75 Å². The van der Waals surface area contributed by atoms with Crippen LogP contribution in [0.1, 0.15) is 47.1 Å². The van der Waals surface area contributed by atoms with Crippen molar-refractivity contribution in [3.05, 3.63) is 60.2 Å². The van der Waals surface area contributed by atoms with Gasteiger partial charge in [0.25, 0.3) is 5.91 Å². The summed E-state index contributed by atoms with van der Waals surface area (Å²) in [6.07, 6.45) is 0. The molecule has 176 valence electrons. The van der Waals surface area contributed by atoms with E-state index in [4.69, 9.17) is 9.57 Å². The van der Waals surface area contributed by atoms with Gasteiger partial charge in [-0.05, 0) is 56.0 Å². The van der Waals surface area contributed by atoms with Gasteiger partial charge in [-0.2, -0.15) is 4.31 Å². The Morgan fingerprint density at radius 2 is 1.53 bits per heavy atom. The van der Waals surface area contributed by atoms with E-state index in [-0.39, 0.29) is 11.4 Å². The molecule has 0 aliphatic carbocycles. The maximum absolute atomic E-state index is 13.8. The highest BCUT2D eigenvalue weighted by Gasteiger charge is 2.43. The first kappa shape index (κ1) is 25.8. The molecule has 0 aliphatic rings. The third kappa shape index (κ3) is 6.79. The molecule has 1 N–H and O–H groups in total. The van der Waals surface area contributed by atoms with E-state index in [1.54, 1.807) is 32.9 Å². The molecule has 0 bridgehead atoms. The lowest BCUT2D eigenvalue weighted by molar-refractivity contribution is -0.152. The van der Waals surface area contributed by atoms with Crippen molar-refractivity contribution in [3.63, 3.8) is 0 Å². The Hall–Kier alpha value is -2.42. The number of hydrogen-bond acceptors (Lipinski definition) is 5. The summed E-state index contributed by atoms with van der Waals surface area (Å²) in [5.41, 5.74) is 1.89. The van der Waals surface area contributed by atoms with Gasteiger partial charge in [-0.25, -0.2) is 13.9 Å². The molecule has 0 spiro atoms. The fourth-order valence-corrected chi connectivity index (χ4v) is 4.94. The third-order valence-corrected chi connectivity index (χ3v) is 6.49. The lowest BCUT2D eigenvalue weighted by Gasteiger charge is -2.38. The zero-order valence-corrected chi connectivity index (χ0v) is 20.7. The average molecular weight is 463 g/mol. The van der Waals surface area contributed by atoms with Gasteiger partial charge in [-0.3, -0.25) is 9.63 Å². The molecule has 7 nitrogen and oxygen atoms in total. The fourth-order valence-electron chi connectivity index (χ4n) is 3.18. The van der Waals surface area contributed by atoms with E-state index in [2.05, 4.69) is 5.48 Å². The number of methoxy groups -OCH3 is 1. The Morgan fingerprint density at radius 1 is 0.969 bits per heavy atom. The summed E-state index contributed by atoms with van der Waals surface area (Å²) in [5, 5.41) is 0. The number of nitrogens with zero attached hydrogens (tertiary/aromatic N) is 1. The van der Waals surface area contributed by atoms with Gasteiger partial charge in [0.15, 0.2) is 0 Å².